The molecule has 0 bridgehead atoms. The molecule has 5 nitrogen and oxygen atoms in total. The molecule has 0 unspecified atom stereocenters. The Morgan fingerprint density at radius 1 is 1.52 bits per heavy atom. The molecule has 1 aromatic heterocycles. The summed E-state index contributed by atoms with van der Waals surface area (Å²) >= 11 is 5.95. The Hall–Kier alpha value is -1.92. The van der Waals surface area contributed by atoms with Gasteiger partial charge in [-0.25, -0.2) is 4.39 Å². The number of likely N-dealkylation sites (N-methyl/N-ethyl adjacent to an activating group) is 1. The van der Waals surface area contributed by atoms with Crippen molar-refractivity contribution < 1.29 is 13.7 Å². The topological polar surface area (TPSA) is 58.4 Å². The molecule has 0 radical (unpaired) electrons. The van der Waals surface area contributed by atoms with E-state index < -0.39 is 0 Å². The average Bonchev–Trinajstić information content (AvgIpc) is 2.79. The summed E-state index contributed by atoms with van der Waals surface area (Å²) in [4.78, 5) is 13.5. The molecule has 2 rings (SSSR count). The maximum absolute atomic E-state index is 13.7. The van der Waals surface area contributed by atoms with Crippen LogP contribution in [-0.2, 0) is 11.3 Å². The number of benzene rings is 1. The van der Waals surface area contributed by atoms with E-state index in [4.69, 9.17) is 16.1 Å². The van der Waals surface area contributed by atoms with Crippen molar-refractivity contribution in [2.45, 2.75) is 13.5 Å². The number of carbonyl (C=O) groups is 1. The largest absolute Gasteiger partial charge is 0.338 e. The van der Waals surface area contributed by atoms with Gasteiger partial charge in [0.15, 0.2) is 0 Å². The van der Waals surface area contributed by atoms with Crippen molar-refractivity contribution in [3.63, 3.8) is 0 Å². The van der Waals surface area contributed by atoms with Gasteiger partial charge in [-0.1, -0.05) is 22.8 Å². The van der Waals surface area contributed by atoms with Gasteiger partial charge in [-0.15, -0.1) is 0 Å². The van der Waals surface area contributed by atoms with Crippen molar-refractivity contribution in [1.82, 2.24) is 10.1 Å². The number of halogens is 2. The monoisotopic (exact) mass is 311 g/mol. The van der Waals surface area contributed by atoms with E-state index in [0.717, 1.165) is 0 Å². The zero-order valence-corrected chi connectivity index (χ0v) is 12.4. The quantitative estimate of drug-likeness (QED) is 0.922. The van der Waals surface area contributed by atoms with Crippen LogP contribution in [0.1, 0.15) is 11.3 Å². The minimum Gasteiger partial charge on any atom is -0.338 e. The van der Waals surface area contributed by atoms with Gasteiger partial charge in [-0.2, -0.15) is 0 Å². The molecule has 0 fully saturated rings. The van der Waals surface area contributed by atoms with E-state index in [0.29, 0.717) is 16.3 Å². The predicted molar refractivity (Wildman–Crippen MR) is 77.6 cm³/mol. The third-order valence-corrected chi connectivity index (χ3v) is 3.15. The highest BCUT2D eigenvalue weighted by Gasteiger charge is 2.13. The van der Waals surface area contributed by atoms with Crippen molar-refractivity contribution in [3.05, 3.63) is 46.4 Å². The lowest BCUT2D eigenvalue weighted by Crippen LogP contribution is -2.30. The molecule has 1 amide bonds. The van der Waals surface area contributed by atoms with E-state index >= 15 is 0 Å². The predicted octanol–water partition coefficient (Wildman–Crippen LogP) is 2.85. The Morgan fingerprint density at radius 2 is 2.29 bits per heavy atom. The molecular weight excluding hydrogens is 297 g/mol. The van der Waals surface area contributed by atoms with Crippen LogP contribution in [0, 0.1) is 12.7 Å². The average molecular weight is 312 g/mol. The second kappa shape index (κ2) is 6.69. The van der Waals surface area contributed by atoms with Crippen molar-refractivity contribution >= 4 is 23.4 Å². The molecule has 1 N–H and O–H groups in total. The third kappa shape index (κ3) is 4.27. The summed E-state index contributed by atoms with van der Waals surface area (Å²) in [7, 11) is 1.70. The van der Waals surface area contributed by atoms with Gasteiger partial charge in [0.25, 0.3) is 0 Å². The van der Waals surface area contributed by atoms with Crippen LogP contribution in [0.25, 0.3) is 0 Å². The number of aromatic nitrogens is 1. The zero-order chi connectivity index (χ0) is 15.4. The summed E-state index contributed by atoms with van der Waals surface area (Å²) in [5.74, 6) is -0.378. The van der Waals surface area contributed by atoms with Gasteiger partial charge in [0.1, 0.15) is 5.82 Å². The summed E-state index contributed by atoms with van der Waals surface area (Å²) in [5, 5.41) is 6.58. The van der Waals surface area contributed by atoms with Crippen molar-refractivity contribution in [3.8, 4) is 0 Å². The summed E-state index contributed by atoms with van der Waals surface area (Å²) in [5.41, 5.74) is 1.04. The molecule has 21 heavy (non-hydrogen) atoms. The van der Waals surface area contributed by atoms with Gasteiger partial charge < -0.3 is 4.52 Å². The van der Waals surface area contributed by atoms with E-state index in [1.807, 2.05) is 0 Å². The molecule has 0 saturated heterocycles. The molecule has 2 aromatic rings. The minimum atomic E-state index is -0.388. The van der Waals surface area contributed by atoms with Gasteiger partial charge >= 0.3 is 0 Å². The van der Waals surface area contributed by atoms with E-state index in [9.17, 15) is 9.18 Å². The smallest absolute Gasteiger partial charge is 0.240 e. The van der Waals surface area contributed by atoms with Crippen LogP contribution in [-0.4, -0.2) is 29.6 Å². The van der Waals surface area contributed by atoms with Crippen LogP contribution in [0.4, 0.5) is 10.3 Å². The molecule has 0 atom stereocenters. The number of hydrogen-bond donors (Lipinski definition) is 1. The first-order valence-electron chi connectivity index (χ1n) is 6.30. The fourth-order valence-corrected chi connectivity index (χ4v) is 2.08. The fraction of sp³-hybridized carbons (Fsp3) is 0.286. The molecule has 0 aliphatic carbocycles. The number of rotatable bonds is 5. The summed E-state index contributed by atoms with van der Waals surface area (Å²) in [6.07, 6.45) is 0. The molecule has 0 saturated carbocycles. The number of carbonyl (C=O) groups excluding carboxylic acids is 1. The second-order valence-corrected chi connectivity index (χ2v) is 5.16. The Bertz CT molecular complexity index is 625. The second-order valence-electron chi connectivity index (χ2n) is 4.75. The summed E-state index contributed by atoms with van der Waals surface area (Å²) in [6.45, 7) is 2.06. The number of anilines is 1. The maximum atomic E-state index is 13.7. The Kier molecular flexibility index (Phi) is 4.93. The number of nitrogens with one attached hydrogen (secondary N) is 1. The van der Waals surface area contributed by atoms with Crippen LogP contribution in [0.3, 0.4) is 0 Å². The highest BCUT2D eigenvalue weighted by Crippen LogP contribution is 2.20. The number of amides is 1. The molecule has 1 heterocycles. The minimum absolute atomic E-state index is 0.0738. The van der Waals surface area contributed by atoms with Gasteiger partial charge in [-0.3, -0.25) is 15.0 Å². The standard InChI is InChI=1S/C14H15ClFN3O2/c1-9-6-14(21-18-9)17-13(20)8-19(2)7-10-11(15)4-3-5-12(10)16/h3-6H,7-8H2,1-2H3,(H,17,20). The first-order valence-corrected chi connectivity index (χ1v) is 6.68. The summed E-state index contributed by atoms with van der Waals surface area (Å²) in [6, 6.07) is 6.11. The van der Waals surface area contributed by atoms with Gasteiger partial charge in [-0.05, 0) is 26.1 Å². The van der Waals surface area contributed by atoms with Crippen molar-refractivity contribution in [2.75, 3.05) is 18.9 Å². The maximum Gasteiger partial charge on any atom is 0.240 e. The van der Waals surface area contributed by atoms with E-state index in [-0.39, 0.29) is 30.7 Å². The van der Waals surface area contributed by atoms with Crippen LogP contribution in [0.15, 0.2) is 28.8 Å². The number of aryl methyl sites for hydroxylation is 1. The van der Waals surface area contributed by atoms with Gasteiger partial charge in [0, 0.05) is 23.2 Å². The fourth-order valence-electron chi connectivity index (χ4n) is 1.85. The number of hydrogen-bond acceptors (Lipinski definition) is 4. The van der Waals surface area contributed by atoms with E-state index in [1.54, 1.807) is 37.1 Å². The Balaban J connectivity index is 1.92. The van der Waals surface area contributed by atoms with Gasteiger partial charge in [0.2, 0.25) is 11.8 Å². The summed E-state index contributed by atoms with van der Waals surface area (Å²) < 4.78 is 18.6. The SMILES string of the molecule is Cc1cc(NC(=O)CN(C)Cc2c(F)cccc2Cl)on1. The van der Waals surface area contributed by atoms with Crippen LogP contribution < -0.4 is 5.32 Å². The van der Waals surface area contributed by atoms with E-state index in [2.05, 4.69) is 10.5 Å². The zero-order valence-electron chi connectivity index (χ0n) is 11.7. The molecule has 112 valence electrons. The normalized spacial score (nSPS) is 10.9. The Labute approximate surface area is 126 Å². The third-order valence-electron chi connectivity index (χ3n) is 2.79. The molecule has 0 aliphatic heterocycles. The lowest BCUT2D eigenvalue weighted by Gasteiger charge is -2.17. The molecule has 7 heteroatoms. The highest BCUT2D eigenvalue weighted by molar-refractivity contribution is 6.31. The molecular formula is C14H15ClFN3O2. The van der Waals surface area contributed by atoms with E-state index in [1.165, 1.54) is 6.07 Å². The first-order chi connectivity index (χ1) is 9.95. The molecule has 1 aromatic carbocycles. The molecule has 0 aliphatic rings. The lowest BCUT2D eigenvalue weighted by atomic mass is 10.2. The lowest BCUT2D eigenvalue weighted by molar-refractivity contribution is -0.117. The van der Waals surface area contributed by atoms with Crippen molar-refractivity contribution in [2.24, 2.45) is 0 Å². The van der Waals surface area contributed by atoms with Crippen LogP contribution >= 0.6 is 11.6 Å². The highest BCUT2D eigenvalue weighted by atomic mass is 35.5. The van der Waals surface area contributed by atoms with Gasteiger partial charge in [0.05, 0.1) is 12.2 Å². The Morgan fingerprint density at radius 3 is 2.90 bits per heavy atom. The van der Waals surface area contributed by atoms with Crippen molar-refractivity contribution in [1.29, 1.82) is 0 Å². The number of nitrogens with zero attached hydrogens (tertiary/aromatic N) is 2. The van der Waals surface area contributed by atoms with Crippen LogP contribution in [0.2, 0.25) is 5.02 Å². The molecule has 0 spiro atoms. The first kappa shape index (κ1) is 15.5. The van der Waals surface area contributed by atoms with Crippen LogP contribution in [0.5, 0.6) is 0 Å².